The average molecular weight is 685 g/mol. The van der Waals surface area contributed by atoms with Crippen molar-refractivity contribution in [2.24, 2.45) is 11.8 Å². The molecule has 13 heteroatoms. The topological polar surface area (TPSA) is 145 Å². The number of aliphatic hydroxyl groups excluding tert-OH is 1. The summed E-state index contributed by atoms with van der Waals surface area (Å²) in [5, 5.41) is 22.4. The highest BCUT2D eigenvalue weighted by Crippen LogP contribution is 2.46. The van der Waals surface area contributed by atoms with Crippen molar-refractivity contribution < 1.29 is 44.3 Å². The van der Waals surface area contributed by atoms with Crippen LogP contribution in [0.5, 0.6) is 5.75 Å². The summed E-state index contributed by atoms with van der Waals surface area (Å²) < 4.78 is 41.0. The van der Waals surface area contributed by atoms with E-state index in [0.717, 1.165) is 0 Å². The van der Waals surface area contributed by atoms with E-state index in [1.807, 2.05) is 0 Å². The summed E-state index contributed by atoms with van der Waals surface area (Å²) in [5.41, 5.74) is 1.70. The molecule has 0 spiro atoms. The van der Waals surface area contributed by atoms with Crippen LogP contribution >= 0.6 is 11.8 Å². The van der Waals surface area contributed by atoms with E-state index in [9.17, 15) is 38.2 Å². The van der Waals surface area contributed by atoms with Crippen LogP contribution in [0, 0.1) is 23.5 Å². The first-order chi connectivity index (χ1) is 23.2. The third kappa shape index (κ3) is 8.90. The first-order valence-corrected chi connectivity index (χ1v) is 16.4. The van der Waals surface area contributed by atoms with Crippen molar-refractivity contribution in [2.45, 2.75) is 57.2 Å². The molecule has 4 N–H and O–H groups in total. The zero-order valence-electron chi connectivity index (χ0n) is 27.9. The van der Waals surface area contributed by atoms with Crippen LogP contribution in [0.3, 0.4) is 0 Å². The number of amides is 3. The van der Waals surface area contributed by atoms with Crippen molar-refractivity contribution in [1.82, 2.24) is 10.6 Å². The summed E-state index contributed by atoms with van der Waals surface area (Å²) in [6.45, 7) is 5.97. The lowest BCUT2D eigenvalue weighted by atomic mass is 9.92. The summed E-state index contributed by atoms with van der Waals surface area (Å²) in [6.07, 6.45) is -0.945. The molecule has 0 bridgehead atoms. The second kappa shape index (κ2) is 16.1. The van der Waals surface area contributed by atoms with E-state index < -0.39 is 77.3 Å². The van der Waals surface area contributed by atoms with Crippen molar-refractivity contribution in [3.05, 3.63) is 95.6 Å². The van der Waals surface area contributed by atoms with Crippen molar-refractivity contribution in [3.63, 3.8) is 0 Å². The van der Waals surface area contributed by atoms with Gasteiger partial charge in [-0.25, -0.2) is 13.6 Å². The van der Waals surface area contributed by atoms with Gasteiger partial charge < -0.3 is 30.5 Å². The highest BCUT2D eigenvalue weighted by molar-refractivity contribution is 8.00. The molecule has 4 rings (SSSR count). The quantitative estimate of drug-likeness (QED) is 0.170. The smallest absolute Gasteiger partial charge is 0.326 e. The number of carboxylic acids is 1. The summed E-state index contributed by atoms with van der Waals surface area (Å²) in [4.78, 5) is 52.3. The second-order valence-electron chi connectivity index (χ2n) is 12.1. The van der Waals surface area contributed by atoms with Gasteiger partial charge in [-0.1, -0.05) is 52.0 Å². The van der Waals surface area contributed by atoms with Gasteiger partial charge in [-0.3, -0.25) is 14.4 Å². The lowest BCUT2D eigenvalue weighted by Crippen LogP contribution is -2.57. The molecule has 0 aliphatic carbocycles. The lowest BCUT2D eigenvalue weighted by Gasteiger charge is -2.47. The maximum Gasteiger partial charge on any atom is 0.326 e. The van der Waals surface area contributed by atoms with Crippen LogP contribution in [-0.2, 0) is 19.2 Å². The molecule has 256 valence electrons. The minimum absolute atomic E-state index is 0.159. The Bertz CT molecular complexity index is 1630. The minimum Gasteiger partial charge on any atom is -0.484 e. The fraction of sp³-hybridized carbons (Fsp3) is 0.371. The maximum absolute atomic E-state index is 13.7. The van der Waals surface area contributed by atoms with Crippen molar-refractivity contribution in [2.75, 3.05) is 17.3 Å². The number of ether oxygens (including phenoxy) is 1. The standard InChI is InChI=1S/C35H39F2N3O7S/c1-19(2)29(33(43)39-30(20(3)4)35(45)46)38-28(42)17-47-26-15-7-22(8-16-26)31-32(34(44)40(31)25-13-11-24(37)12-14-25)48-18-27(41)21-5-9-23(36)10-6-21/h5-16,19-20,27,29-32,41H,17-18H2,1-4H3,(H,38,42)(H,39,43)(H,45,46)/t27?,29-,30+,31-,32-/m1/s1/i/hD. The van der Waals surface area contributed by atoms with Crippen LogP contribution in [0.15, 0.2) is 72.8 Å². The Kier molecular flexibility index (Phi) is 11.7. The van der Waals surface area contributed by atoms with Crippen LogP contribution in [0.1, 0.15) is 51.0 Å². The Morgan fingerprint density at radius 3 is 2.02 bits per heavy atom. The van der Waals surface area contributed by atoms with Crippen molar-refractivity contribution in [1.29, 1.82) is 0 Å². The Balaban J connectivity index is 1.44. The number of carboxylic acid groups (broad SMARTS) is 1. The number of benzene rings is 3. The highest BCUT2D eigenvalue weighted by Gasteiger charge is 2.49. The third-order valence-corrected chi connectivity index (χ3v) is 9.16. The van der Waals surface area contributed by atoms with E-state index in [4.69, 9.17) is 6.15 Å². The molecule has 1 unspecified atom stereocenters. The van der Waals surface area contributed by atoms with Gasteiger partial charge in [0.05, 0.1) is 12.1 Å². The summed E-state index contributed by atoms with van der Waals surface area (Å²) in [5.74, 6) is -4.41. The molecule has 0 saturated carbocycles. The fourth-order valence-corrected chi connectivity index (χ4v) is 6.47. The number of anilines is 1. The molecule has 1 aliphatic rings. The number of carbonyl (C=O) groups is 4. The van der Waals surface area contributed by atoms with Gasteiger partial charge in [0.2, 0.25) is 11.8 Å². The number of thioether (sulfide) groups is 1. The zero-order chi connectivity index (χ0) is 36.0. The monoisotopic (exact) mass is 684 g/mol. The molecule has 1 saturated heterocycles. The molecule has 3 aromatic rings. The molecule has 1 heterocycles. The number of nitrogens with zero attached hydrogens (tertiary/aromatic N) is 1. The van der Waals surface area contributed by atoms with Crippen LogP contribution in [-0.4, -0.2) is 63.6 Å². The summed E-state index contributed by atoms with van der Waals surface area (Å²) >= 11 is 1.24. The van der Waals surface area contributed by atoms with Crippen LogP contribution in [0.4, 0.5) is 14.5 Å². The van der Waals surface area contributed by atoms with Crippen molar-refractivity contribution in [3.8, 4) is 5.75 Å². The lowest BCUT2D eigenvalue weighted by molar-refractivity contribution is -0.143. The Morgan fingerprint density at radius 2 is 1.48 bits per heavy atom. The first-order valence-electron chi connectivity index (χ1n) is 15.8. The predicted molar refractivity (Wildman–Crippen MR) is 177 cm³/mol. The van der Waals surface area contributed by atoms with E-state index in [-0.39, 0.29) is 17.4 Å². The number of aliphatic hydroxyl groups is 1. The van der Waals surface area contributed by atoms with E-state index in [2.05, 4.69) is 5.32 Å². The van der Waals surface area contributed by atoms with E-state index >= 15 is 0 Å². The second-order valence-corrected chi connectivity index (χ2v) is 13.3. The van der Waals surface area contributed by atoms with Crippen molar-refractivity contribution >= 4 is 41.1 Å². The third-order valence-electron chi connectivity index (χ3n) is 7.84. The number of nitrogens with one attached hydrogen (secondary N) is 2. The highest BCUT2D eigenvalue weighted by atomic mass is 32.2. The average Bonchev–Trinajstić information content (AvgIpc) is 3.05. The Morgan fingerprint density at radius 1 is 0.917 bits per heavy atom. The van der Waals surface area contributed by atoms with Crippen LogP contribution < -0.4 is 20.3 Å². The van der Waals surface area contributed by atoms with Crippen LogP contribution in [0.25, 0.3) is 0 Å². The maximum atomic E-state index is 13.7. The van der Waals surface area contributed by atoms with Crippen LogP contribution in [0.2, 0.25) is 1.41 Å². The van der Waals surface area contributed by atoms with Gasteiger partial charge in [-0.05, 0) is 71.5 Å². The molecule has 5 atom stereocenters. The molecule has 48 heavy (non-hydrogen) atoms. The summed E-state index contributed by atoms with van der Waals surface area (Å²) in [6, 6.07) is 14.6. The van der Waals surface area contributed by atoms with Gasteiger partial charge in [0, 0.05) is 11.4 Å². The number of carbonyl (C=O) groups excluding carboxylic acids is 3. The summed E-state index contributed by atoms with van der Waals surface area (Å²) in [7, 11) is 0. The molecule has 1 aliphatic heterocycles. The van der Waals surface area contributed by atoms with Gasteiger partial charge in [-0.15, -0.1) is 11.8 Å². The Labute approximate surface area is 283 Å². The van der Waals surface area contributed by atoms with Gasteiger partial charge in [0.1, 0.15) is 34.7 Å². The number of hydrogen-bond donors (Lipinski definition) is 4. The fourth-order valence-electron chi connectivity index (χ4n) is 5.18. The van der Waals surface area contributed by atoms with Gasteiger partial charge in [0.25, 0.3) is 5.91 Å². The zero-order valence-corrected chi connectivity index (χ0v) is 27.7. The van der Waals surface area contributed by atoms with E-state index in [1.54, 1.807) is 52.0 Å². The largest absolute Gasteiger partial charge is 0.484 e. The minimum atomic E-state index is -1.26. The van der Waals surface area contributed by atoms with E-state index in [0.29, 0.717) is 22.1 Å². The number of aliphatic carboxylic acids is 1. The number of halogens is 2. The van der Waals surface area contributed by atoms with E-state index in [1.165, 1.54) is 65.2 Å². The molecular weight excluding hydrogens is 644 g/mol. The molecular formula is C35H39F2N3O7S. The molecule has 10 nitrogen and oxygen atoms in total. The van der Waals surface area contributed by atoms with Gasteiger partial charge >= 0.3 is 5.97 Å². The SMILES string of the molecule is [2H]N(C(=O)COc1ccc([C@@H]2[C@@H](SCC(O)c3ccc(F)cc3)C(=O)N2c2ccc(F)cc2)cc1)[C@@H](C(=O)N[C@H](C(=O)O)C(C)C)C(C)C. The number of β-lactam (4-membered cyclic amide) rings is 1. The Hall–Kier alpha value is -4.49. The van der Waals surface area contributed by atoms with Gasteiger partial charge in [-0.2, -0.15) is 0 Å². The predicted octanol–water partition coefficient (Wildman–Crippen LogP) is 4.63. The molecule has 0 aromatic heterocycles. The number of rotatable bonds is 15. The first kappa shape index (κ1) is 34.8. The molecule has 3 aromatic carbocycles. The normalized spacial score (nSPS) is 18.1. The molecule has 0 radical (unpaired) electrons. The molecule has 1 fully saturated rings. The molecule has 3 amide bonds. The van der Waals surface area contributed by atoms with Gasteiger partial charge in [0.15, 0.2) is 8.02 Å². The number of hydrogen-bond acceptors (Lipinski definition) is 7.